The summed E-state index contributed by atoms with van der Waals surface area (Å²) in [5.74, 6) is 1.85. The zero-order valence-corrected chi connectivity index (χ0v) is 13.9. The molecule has 2 aliphatic heterocycles. The number of rotatable bonds is 6. The Bertz CT molecular complexity index is 391. The Hall–Kier alpha value is -0.650. The maximum absolute atomic E-state index is 12.9. The molecule has 0 radical (unpaired) electrons. The van der Waals surface area contributed by atoms with E-state index in [9.17, 15) is 4.79 Å². The first-order valence-corrected chi connectivity index (χ1v) is 8.89. The van der Waals surface area contributed by atoms with Crippen molar-refractivity contribution in [1.29, 1.82) is 0 Å². The normalized spacial score (nSPS) is 28.3. The molecular formula is C17H31N3O2. The lowest BCUT2D eigenvalue weighted by molar-refractivity contribution is -0.146. The van der Waals surface area contributed by atoms with Gasteiger partial charge in [-0.05, 0) is 51.0 Å². The zero-order chi connectivity index (χ0) is 15.6. The lowest BCUT2D eigenvalue weighted by Gasteiger charge is -2.37. The van der Waals surface area contributed by atoms with Crippen molar-refractivity contribution in [2.45, 2.75) is 32.1 Å². The lowest BCUT2D eigenvalue weighted by Crippen LogP contribution is -2.50. The summed E-state index contributed by atoms with van der Waals surface area (Å²) in [7, 11) is 2.22. The number of carbonyl (C=O) groups is 1. The molecule has 1 aliphatic carbocycles. The van der Waals surface area contributed by atoms with E-state index in [1.54, 1.807) is 0 Å². The quantitative estimate of drug-likeness (QED) is 0.793. The third-order valence-corrected chi connectivity index (χ3v) is 5.70. The SMILES string of the molecule is CN(CC1CC1)CC1CCN(C(=O)C2(CN)CCOCC2)C1. The molecule has 0 aromatic heterocycles. The number of hydrogen-bond acceptors (Lipinski definition) is 4. The standard InChI is InChI=1S/C17H31N3O2/c1-19(10-14-2-3-14)11-15-4-7-20(12-15)16(21)17(13-18)5-8-22-9-6-17/h14-15H,2-13,18H2,1H3. The summed E-state index contributed by atoms with van der Waals surface area (Å²) >= 11 is 0. The van der Waals surface area contributed by atoms with Crippen LogP contribution in [0.15, 0.2) is 0 Å². The van der Waals surface area contributed by atoms with Crippen LogP contribution in [0, 0.1) is 17.3 Å². The largest absolute Gasteiger partial charge is 0.381 e. The van der Waals surface area contributed by atoms with Gasteiger partial charge in [-0.25, -0.2) is 0 Å². The van der Waals surface area contributed by atoms with E-state index < -0.39 is 0 Å². The summed E-state index contributed by atoms with van der Waals surface area (Å²) in [4.78, 5) is 17.5. The van der Waals surface area contributed by atoms with E-state index in [1.165, 1.54) is 19.4 Å². The lowest BCUT2D eigenvalue weighted by atomic mass is 9.79. The predicted molar refractivity (Wildman–Crippen MR) is 86.4 cm³/mol. The highest BCUT2D eigenvalue weighted by Gasteiger charge is 2.43. The van der Waals surface area contributed by atoms with E-state index in [0.717, 1.165) is 44.8 Å². The Labute approximate surface area is 134 Å². The van der Waals surface area contributed by atoms with Gasteiger partial charge in [-0.1, -0.05) is 0 Å². The minimum Gasteiger partial charge on any atom is -0.381 e. The van der Waals surface area contributed by atoms with E-state index in [-0.39, 0.29) is 11.3 Å². The van der Waals surface area contributed by atoms with Crippen molar-refractivity contribution >= 4 is 5.91 Å². The molecule has 5 heteroatoms. The smallest absolute Gasteiger partial charge is 0.230 e. The number of hydrogen-bond donors (Lipinski definition) is 1. The number of carbonyl (C=O) groups excluding carboxylic acids is 1. The molecule has 2 N–H and O–H groups in total. The van der Waals surface area contributed by atoms with E-state index in [4.69, 9.17) is 10.5 Å². The van der Waals surface area contributed by atoms with E-state index >= 15 is 0 Å². The Morgan fingerprint density at radius 3 is 2.55 bits per heavy atom. The molecule has 0 aromatic carbocycles. The van der Waals surface area contributed by atoms with Gasteiger partial charge in [0.05, 0.1) is 5.41 Å². The topological polar surface area (TPSA) is 58.8 Å². The van der Waals surface area contributed by atoms with Crippen molar-refractivity contribution < 1.29 is 9.53 Å². The first kappa shape index (κ1) is 16.2. The van der Waals surface area contributed by atoms with Gasteiger partial charge in [0.15, 0.2) is 0 Å². The van der Waals surface area contributed by atoms with Crippen LogP contribution in [-0.2, 0) is 9.53 Å². The minimum absolute atomic E-state index is 0.283. The van der Waals surface area contributed by atoms with Crippen molar-refractivity contribution in [3.63, 3.8) is 0 Å². The van der Waals surface area contributed by atoms with Crippen molar-refractivity contribution in [1.82, 2.24) is 9.80 Å². The van der Waals surface area contributed by atoms with Crippen LogP contribution in [0.4, 0.5) is 0 Å². The van der Waals surface area contributed by atoms with Crippen LogP contribution in [0.3, 0.4) is 0 Å². The van der Waals surface area contributed by atoms with E-state index in [2.05, 4.69) is 16.8 Å². The van der Waals surface area contributed by atoms with E-state index in [0.29, 0.717) is 25.7 Å². The molecule has 0 spiro atoms. The number of nitrogens with zero attached hydrogens (tertiary/aromatic N) is 2. The minimum atomic E-state index is -0.354. The monoisotopic (exact) mass is 309 g/mol. The van der Waals surface area contributed by atoms with Crippen LogP contribution in [0.5, 0.6) is 0 Å². The second-order valence-corrected chi connectivity index (χ2v) is 7.67. The van der Waals surface area contributed by atoms with Crippen molar-refractivity contribution in [2.24, 2.45) is 23.0 Å². The van der Waals surface area contributed by atoms with Gasteiger partial charge in [-0.3, -0.25) is 4.79 Å². The third kappa shape index (κ3) is 3.63. The van der Waals surface area contributed by atoms with Crippen molar-refractivity contribution in [3.05, 3.63) is 0 Å². The number of amides is 1. The molecule has 3 rings (SSSR count). The molecule has 0 aromatic rings. The van der Waals surface area contributed by atoms with Crippen LogP contribution in [0.25, 0.3) is 0 Å². The van der Waals surface area contributed by atoms with Crippen LogP contribution in [0.1, 0.15) is 32.1 Å². The first-order chi connectivity index (χ1) is 10.6. The Balaban J connectivity index is 1.51. The summed E-state index contributed by atoms with van der Waals surface area (Å²) in [6.07, 6.45) is 5.51. The van der Waals surface area contributed by atoms with Gasteiger partial charge < -0.3 is 20.3 Å². The van der Waals surface area contributed by atoms with Gasteiger partial charge in [0, 0.05) is 45.9 Å². The average molecular weight is 309 g/mol. The molecule has 5 nitrogen and oxygen atoms in total. The van der Waals surface area contributed by atoms with Gasteiger partial charge in [0.1, 0.15) is 0 Å². The molecule has 1 amide bonds. The van der Waals surface area contributed by atoms with Crippen molar-refractivity contribution in [2.75, 3.05) is 53.0 Å². The Kier molecular flexibility index (Phi) is 5.05. The highest BCUT2D eigenvalue weighted by Crippen LogP contribution is 2.34. The fourth-order valence-electron chi connectivity index (χ4n) is 4.03. The molecule has 1 atom stereocenters. The van der Waals surface area contributed by atoms with Gasteiger partial charge in [0.2, 0.25) is 5.91 Å². The highest BCUT2D eigenvalue weighted by molar-refractivity contribution is 5.83. The van der Waals surface area contributed by atoms with Gasteiger partial charge >= 0.3 is 0 Å². The van der Waals surface area contributed by atoms with Crippen LogP contribution >= 0.6 is 0 Å². The average Bonchev–Trinajstić information content (AvgIpc) is 3.22. The first-order valence-electron chi connectivity index (χ1n) is 8.89. The highest BCUT2D eigenvalue weighted by atomic mass is 16.5. The molecule has 3 aliphatic rings. The second-order valence-electron chi connectivity index (χ2n) is 7.67. The molecule has 0 bridgehead atoms. The molecule has 3 fully saturated rings. The zero-order valence-electron chi connectivity index (χ0n) is 13.9. The van der Waals surface area contributed by atoms with Crippen LogP contribution in [-0.4, -0.2) is 68.7 Å². The van der Waals surface area contributed by atoms with E-state index in [1.807, 2.05) is 0 Å². The predicted octanol–water partition coefficient (Wildman–Crippen LogP) is 0.932. The molecule has 126 valence electrons. The molecule has 1 unspecified atom stereocenters. The van der Waals surface area contributed by atoms with Crippen LogP contribution < -0.4 is 5.73 Å². The second kappa shape index (κ2) is 6.85. The summed E-state index contributed by atoms with van der Waals surface area (Å²) in [5, 5.41) is 0. The summed E-state index contributed by atoms with van der Waals surface area (Å²) < 4.78 is 5.42. The fourth-order valence-corrected chi connectivity index (χ4v) is 4.03. The van der Waals surface area contributed by atoms with Gasteiger partial charge in [-0.2, -0.15) is 0 Å². The molecule has 2 heterocycles. The maximum atomic E-state index is 12.9. The maximum Gasteiger partial charge on any atom is 0.230 e. The number of likely N-dealkylation sites (tertiary alicyclic amines) is 1. The molecule has 1 saturated carbocycles. The Morgan fingerprint density at radius 2 is 1.91 bits per heavy atom. The van der Waals surface area contributed by atoms with Gasteiger partial charge in [-0.15, -0.1) is 0 Å². The number of nitrogens with two attached hydrogens (primary N) is 1. The van der Waals surface area contributed by atoms with Crippen molar-refractivity contribution in [3.8, 4) is 0 Å². The molecule has 2 saturated heterocycles. The fraction of sp³-hybridized carbons (Fsp3) is 0.941. The summed E-state index contributed by atoms with van der Waals surface area (Å²) in [6.45, 7) is 5.97. The van der Waals surface area contributed by atoms with Crippen LogP contribution in [0.2, 0.25) is 0 Å². The summed E-state index contributed by atoms with van der Waals surface area (Å²) in [6, 6.07) is 0. The number of ether oxygens (including phenoxy) is 1. The third-order valence-electron chi connectivity index (χ3n) is 5.70. The molecule has 22 heavy (non-hydrogen) atoms. The molecular weight excluding hydrogens is 278 g/mol. The Morgan fingerprint density at radius 1 is 1.23 bits per heavy atom. The van der Waals surface area contributed by atoms with Gasteiger partial charge in [0.25, 0.3) is 0 Å². The summed E-state index contributed by atoms with van der Waals surface area (Å²) in [5.41, 5.74) is 5.62.